The number of hydrogen-bond acceptors (Lipinski definition) is 3. The number of piperazine rings is 1. The van der Waals surface area contributed by atoms with Crippen LogP contribution in [0.1, 0.15) is 17.3 Å². The number of hydrogen-bond donors (Lipinski definition) is 1. The lowest BCUT2D eigenvalue weighted by atomic mass is 10.1. The molecule has 1 fully saturated rings. The highest BCUT2D eigenvalue weighted by molar-refractivity contribution is 9.13. The van der Waals surface area contributed by atoms with Crippen molar-refractivity contribution in [3.05, 3.63) is 31.9 Å². The molecule has 0 aliphatic carbocycles. The van der Waals surface area contributed by atoms with E-state index in [9.17, 15) is 0 Å². The van der Waals surface area contributed by atoms with Gasteiger partial charge in [-0.3, -0.25) is 4.90 Å². The zero-order chi connectivity index (χ0) is 12.3. The Bertz CT molecular complexity index is 366. The van der Waals surface area contributed by atoms with Crippen LogP contribution in [0, 0.1) is 0 Å². The van der Waals surface area contributed by atoms with Crippen molar-refractivity contribution < 1.29 is 0 Å². The molecule has 0 spiro atoms. The summed E-state index contributed by atoms with van der Waals surface area (Å²) in [7, 11) is 0. The van der Waals surface area contributed by atoms with Crippen LogP contribution in [0.5, 0.6) is 0 Å². The minimum atomic E-state index is 0.474. The highest BCUT2D eigenvalue weighted by Gasteiger charge is 2.23. The molecular weight excluding hydrogens is 364 g/mol. The maximum atomic E-state index is 3.89. The Hall–Kier alpha value is 0.320. The van der Waals surface area contributed by atoms with Gasteiger partial charge < -0.3 is 5.32 Å². The zero-order valence-corrected chi connectivity index (χ0v) is 13.6. The highest BCUT2D eigenvalue weighted by Crippen LogP contribution is 2.38. The summed E-state index contributed by atoms with van der Waals surface area (Å²) in [5.74, 6) is 0. The van der Waals surface area contributed by atoms with Crippen LogP contribution >= 0.6 is 43.2 Å². The quantitative estimate of drug-likeness (QED) is 0.800. The molecule has 1 aliphatic heterocycles. The van der Waals surface area contributed by atoms with Gasteiger partial charge in [-0.05, 0) is 44.3 Å². The minimum Gasteiger partial charge on any atom is -0.314 e. The van der Waals surface area contributed by atoms with Crippen molar-refractivity contribution in [2.45, 2.75) is 12.5 Å². The van der Waals surface area contributed by atoms with Crippen LogP contribution < -0.4 is 5.32 Å². The average Bonchev–Trinajstić information content (AvgIpc) is 2.67. The molecule has 94 valence electrons. The van der Waals surface area contributed by atoms with Crippen LogP contribution in [-0.2, 0) is 0 Å². The van der Waals surface area contributed by atoms with E-state index in [1.807, 2.05) is 17.4 Å². The third-order valence-electron chi connectivity index (χ3n) is 2.97. The average molecular weight is 380 g/mol. The molecule has 1 aromatic rings. The van der Waals surface area contributed by atoms with Crippen molar-refractivity contribution in [1.82, 2.24) is 10.2 Å². The molecule has 5 heteroatoms. The first-order valence-electron chi connectivity index (χ1n) is 5.72. The molecule has 2 heterocycles. The SMILES string of the molecule is C=CC[C@H](c1cc(Br)c(Br)s1)N1CCNCC1. The van der Waals surface area contributed by atoms with Crippen LogP contribution in [0.3, 0.4) is 0 Å². The molecule has 0 radical (unpaired) electrons. The number of halogens is 2. The Kier molecular flexibility index (Phi) is 5.24. The van der Waals surface area contributed by atoms with Crippen LogP contribution in [-0.4, -0.2) is 31.1 Å². The van der Waals surface area contributed by atoms with Gasteiger partial charge >= 0.3 is 0 Å². The van der Waals surface area contributed by atoms with Crippen molar-refractivity contribution in [3.63, 3.8) is 0 Å². The van der Waals surface area contributed by atoms with Gasteiger partial charge in [-0.2, -0.15) is 0 Å². The van der Waals surface area contributed by atoms with E-state index in [0.29, 0.717) is 6.04 Å². The van der Waals surface area contributed by atoms with E-state index in [1.54, 1.807) is 0 Å². The molecule has 0 unspecified atom stereocenters. The predicted molar refractivity (Wildman–Crippen MR) is 81.7 cm³/mol. The minimum absolute atomic E-state index is 0.474. The Morgan fingerprint density at radius 2 is 2.18 bits per heavy atom. The van der Waals surface area contributed by atoms with Gasteiger partial charge in [0.1, 0.15) is 0 Å². The molecule has 1 N–H and O–H groups in total. The molecule has 1 aliphatic rings. The van der Waals surface area contributed by atoms with Crippen molar-refractivity contribution in [2.75, 3.05) is 26.2 Å². The molecule has 1 atom stereocenters. The molecule has 17 heavy (non-hydrogen) atoms. The fraction of sp³-hybridized carbons (Fsp3) is 0.500. The largest absolute Gasteiger partial charge is 0.314 e. The smallest absolute Gasteiger partial charge is 0.0843 e. The lowest BCUT2D eigenvalue weighted by Gasteiger charge is -2.34. The van der Waals surface area contributed by atoms with Gasteiger partial charge in [0.15, 0.2) is 0 Å². The first-order chi connectivity index (χ1) is 8.22. The summed E-state index contributed by atoms with van der Waals surface area (Å²) in [5, 5.41) is 3.40. The summed E-state index contributed by atoms with van der Waals surface area (Å²) in [6, 6.07) is 2.70. The van der Waals surface area contributed by atoms with Crippen LogP contribution in [0.4, 0.5) is 0 Å². The van der Waals surface area contributed by atoms with Crippen LogP contribution in [0.2, 0.25) is 0 Å². The molecule has 1 saturated heterocycles. The van der Waals surface area contributed by atoms with E-state index in [0.717, 1.165) is 37.1 Å². The van der Waals surface area contributed by atoms with Gasteiger partial charge in [-0.25, -0.2) is 0 Å². The predicted octanol–water partition coefficient (Wildman–Crippen LogP) is 3.80. The fourth-order valence-electron chi connectivity index (χ4n) is 2.12. The molecule has 0 bridgehead atoms. The second-order valence-corrected chi connectivity index (χ2v) is 7.35. The maximum absolute atomic E-state index is 3.89. The fourth-order valence-corrected chi connectivity index (χ4v) is 4.36. The van der Waals surface area contributed by atoms with Gasteiger partial charge in [0, 0.05) is 41.6 Å². The lowest BCUT2D eigenvalue weighted by Crippen LogP contribution is -2.44. The first kappa shape index (κ1) is 13.7. The second-order valence-electron chi connectivity index (χ2n) is 4.10. The topological polar surface area (TPSA) is 15.3 Å². The number of thiophene rings is 1. The Balaban J connectivity index is 2.17. The van der Waals surface area contributed by atoms with Gasteiger partial charge in [0.2, 0.25) is 0 Å². The van der Waals surface area contributed by atoms with Crippen molar-refractivity contribution in [1.29, 1.82) is 0 Å². The third-order valence-corrected chi connectivity index (χ3v) is 6.33. The third kappa shape index (κ3) is 3.41. The zero-order valence-electron chi connectivity index (χ0n) is 9.59. The van der Waals surface area contributed by atoms with Crippen molar-refractivity contribution in [3.8, 4) is 0 Å². The summed E-state index contributed by atoms with van der Waals surface area (Å²) in [4.78, 5) is 3.95. The highest BCUT2D eigenvalue weighted by atomic mass is 79.9. The molecule has 0 saturated carbocycles. The Morgan fingerprint density at radius 3 is 2.71 bits per heavy atom. The normalized spacial score (nSPS) is 19.2. The van der Waals surface area contributed by atoms with E-state index in [2.05, 4.69) is 54.7 Å². The van der Waals surface area contributed by atoms with Gasteiger partial charge in [-0.15, -0.1) is 17.9 Å². The van der Waals surface area contributed by atoms with E-state index < -0.39 is 0 Å². The molecule has 0 amide bonds. The monoisotopic (exact) mass is 378 g/mol. The summed E-state index contributed by atoms with van der Waals surface area (Å²) in [6.45, 7) is 8.29. The van der Waals surface area contributed by atoms with E-state index in [1.165, 1.54) is 8.66 Å². The molecule has 2 nitrogen and oxygen atoms in total. The van der Waals surface area contributed by atoms with Crippen molar-refractivity contribution in [2.24, 2.45) is 0 Å². The maximum Gasteiger partial charge on any atom is 0.0843 e. The van der Waals surface area contributed by atoms with Crippen LogP contribution in [0.15, 0.2) is 27.0 Å². The standard InChI is InChI=1S/C12H16Br2N2S/c1-2-3-10(16-6-4-15-5-7-16)11-8-9(13)12(14)17-11/h2,8,10,15H,1,3-7H2/t10-/m1/s1. The van der Waals surface area contributed by atoms with Gasteiger partial charge in [-0.1, -0.05) is 6.08 Å². The summed E-state index contributed by atoms with van der Waals surface area (Å²) < 4.78 is 2.33. The molecule has 0 aromatic carbocycles. The second kappa shape index (κ2) is 6.48. The summed E-state index contributed by atoms with van der Waals surface area (Å²) in [5.41, 5.74) is 0. The number of rotatable bonds is 4. The molecule has 2 rings (SSSR count). The Morgan fingerprint density at radius 1 is 1.47 bits per heavy atom. The Labute approximate surface area is 123 Å². The number of nitrogens with zero attached hydrogens (tertiary/aromatic N) is 1. The summed E-state index contributed by atoms with van der Waals surface area (Å²) in [6.07, 6.45) is 3.04. The lowest BCUT2D eigenvalue weighted by molar-refractivity contribution is 0.177. The van der Waals surface area contributed by atoms with E-state index >= 15 is 0 Å². The van der Waals surface area contributed by atoms with Crippen LogP contribution in [0.25, 0.3) is 0 Å². The van der Waals surface area contributed by atoms with Gasteiger partial charge in [0.05, 0.1) is 3.79 Å². The van der Waals surface area contributed by atoms with Crippen molar-refractivity contribution >= 4 is 43.2 Å². The van der Waals surface area contributed by atoms with E-state index in [-0.39, 0.29) is 0 Å². The molecule has 1 aromatic heterocycles. The number of nitrogens with one attached hydrogen (secondary N) is 1. The first-order valence-corrected chi connectivity index (χ1v) is 8.13. The van der Waals surface area contributed by atoms with E-state index in [4.69, 9.17) is 0 Å². The van der Waals surface area contributed by atoms with Gasteiger partial charge in [0.25, 0.3) is 0 Å². The summed E-state index contributed by atoms with van der Waals surface area (Å²) >= 11 is 8.96. The molecular formula is C12H16Br2N2S.